The van der Waals surface area contributed by atoms with E-state index in [0.29, 0.717) is 36.8 Å². The lowest BCUT2D eigenvalue weighted by Crippen LogP contribution is -2.42. The third kappa shape index (κ3) is 3.16. The molecule has 0 unspecified atom stereocenters. The number of methoxy groups -OCH3 is 2. The van der Waals surface area contributed by atoms with Crippen molar-refractivity contribution in [2.75, 3.05) is 45.3 Å². The highest BCUT2D eigenvalue weighted by Crippen LogP contribution is 2.37. The second-order valence-corrected chi connectivity index (χ2v) is 4.72. The van der Waals surface area contributed by atoms with E-state index in [1.807, 2.05) is 0 Å². The van der Waals surface area contributed by atoms with Crippen molar-refractivity contribution < 1.29 is 19.1 Å². The lowest BCUT2D eigenvalue weighted by Gasteiger charge is -2.25. The largest absolute Gasteiger partial charge is 0.493 e. The quantitative estimate of drug-likeness (QED) is 0.805. The van der Waals surface area contributed by atoms with Crippen LogP contribution in [-0.2, 0) is 0 Å². The fourth-order valence-corrected chi connectivity index (χ4v) is 2.38. The summed E-state index contributed by atoms with van der Waals surface area (Å²) in [5, 5.41) is 2.71. The molecule has 120 valence electrons. The van der Waals surface area contributed by atoms with Gasteiger partial charge in [0, 0.05) is 26.2 Å². The van der Waals surface area contributed by atoms with Gasteiger partial charge in [-0.3, -0.25) is 4.90 Å². The van der Waals surface area contributed by atoms with Gasteiger partial charge in [-0.05, 0) is 12.1 Å². The van der Waals surface area contributed by atoms with Crippen molar-refractivity contribution in [2.45, 2.75) is 0 Å². The second kappa shape index (κ2) is 6.88. The van der Waals surface area contributed by atoms with Crippen molar-refractivity contribution in [2.24, 2.45) is 5.73 Å². The van der Waals surface area contributed by atoms with Crippen LogP contribution < -0.4 is 25.4 Å². The number of primary amides is 1. The molecule has 4 amide bonds. The Bertz CT molecular complexity index is 564. The Morgan fingerprint density at radius 2 is 2.18 bits per heavy atom. The van der Waals surface area contributed by atoms with Crippen LogP contribution in [0.3, 0.4) is 0 Å². The fraction of sp³-hybridized carbons (Fsp3) is 0.429. The minimum Gasteiger partial charge on any atom is -0.493 e. The number of anilines is 1. The van der Waals surface area contributed by atoms with Crippen LogP contribution in [0.1, 0.15) is 0 Å². The molecule has 0 bridgehead atoms. The van der Waals surface area contributed by atoms with Gasteiger partial charge < -0.3 is 25.4 Å². The fourth-order valence-electron chi connectivity index (χ4n) is 2.38. The highest BCUT2D eigenvalue weighted by molar-refractivity contribution is 5.93. The van der Waals surface area contributed by atoms with E-state index < -0.39 is 6.03 Å². The highest BCUT2D eigenvalue weighted by atomic mass is 16.5. The first-order valence-corrected chi connectivity index (χ1v) is 6.89. The Balaban J connectivity index is 2.21. The molecule has 0 aliphatic carbocycles. The molecule has 2 rings (SSSR count). The zero-order valence-electron chi connectivity index (χ0n) is 12.7. The maximum atomic E-state index is 11.8. The molecule has 8 nitrogen and oxygen atoms in total. The molecule has 1 aromatic carbocycles. The lowest BCUT2D eigenvalue weighted by molar-refractivity contribution is 0.217. The first kappa shape index (κ1) is 15.7. The highest BCUT2D eigenvalue weighted by Gasteiger charge is 2.24. The standard InChI is InChI=1S/C14H20N4O4/c1-21-11-5-3-4-10(12(11)22-2)18(13(15)19)9-8-17-7-6-16-14(17)20/h3-5H,6-9H2,1-2H3,(H2,15,19)(H,16,20). The molecule has 3 N–H and O–H groups in total. The van der Waals surface area contributed by atoms with Gasteiger partial charge in [0.15, 0.2) is 11.5 Å². The zero-order valence-corrected chi connectivity index (χ0v) is 12.7. The molecule has 0 atom stereocenters. The molecule has 22 heavy (non-hydrogen) atoms. The van der Waals surface area contributed by atoms with E-state index in [4.69, 9.17) is 15.2 Å². The number of amides is 4. The molecule has 0 spiro atoms. The minimum atomic E-state index is -0.619. The van der Waals surface area contributed by atoms with Crippen LogP contribution in [0.4, 0.5) is 15.3 Å². The van der Waals surface area contributed by atoms with Gasteiger partial charge in [-0.15, -0.1) is 0 Å². The van der Waals surface area contributed by atoms with Crippen molar-refractivity contribution in [3.8, 4) is 11.5 Å². The van der Waals surface area contributed by atoms with Gasteiger partial charge in [0.1, 0.15) is 0 Å². The molecule has 1 saturated heterocycles. The van der Waals surface area contributed by atoms with Gasteiger partial charge in [-0.2, -0.15) is 0 Å². The van der Waals surface area contributed by atoms with Crippen LogP contribution in [0, 0.1) is 0 Å². The monoisotopic (exact) mass is 308 g/mol. The molecule has 1 fully saturated rings. The van der Waals surface area contributed by atoms with Gasteiger partial charge in [0.05, 0.1) is 19.9 Å². The third-order valence-electron chi connectivity index (χ3n) is 3.48. The van der Waals surface area contributed by atoms with Crippen LogP contribution in [0.2, 0.25) is 0 Å². The third-order valence-corrected chi connectivity index (χ3v) is 3.48. The smallest absolute Gasteiger partial charge is 0.319 e. The number of hydrogen-bond acceptors (Lipinski definition) is 4. The summed E-state index contributed by atoms with van der Waals surface area (Å²) in [6, 6.07) is 4.44. The number of nitrogens with one attached hydrogen (secondary N) is 1. The maximum absolute atomic E-state index is 11.8. The number of nitrogens with zero attached hydrogens (tertiary/aromatic N) is 2. The molecule has 0 aromatic heterocycles. The molecule has 1 aliphatic heterocycles. The van der Waals surface area contributed by atoms with Crippen LogP contribution in [-0.4, -0.2) is 57.4 Å². The number of para-hydroxylation sites is 1. The summed E-state index contributed by atoms with van der Waals surface area (Å²) >= 11 is 0. The molecule has 1 heterocycles. The van der Waals surface area contributed by atoms with Crippen molar-refractivity contribution >= 4 is 17.7 Å². The maximum Gasteiger partial charge on any atom is 0.319 e. The zero-order chi connectivity index (χ0) is 16.1. The van der Waals surface area contributed by atoms with E-state index in [1.165, 1.54) is 19.1 Å². The summed E-state index contributed by atoms with van der Waals surface area (Å²) in [6.45, 7) is 1.87. The van der Waals surface area contributed by atoms with Gasteiger partial charge >= 0.3 is 12.1 Å². The molecular weight excluding hydrogens is 288 g/mol. The van der Waals surface area contributed by atoms with Gasteiger partial charge in [0.2, 0.25) is 0 Å². The minimum absolute atomic E-state index is 0.137. The van der Waals surface area contributed by atoms with Gasteiger partial charge in [-0.25, -0.2) is 9.59 Å². The topological polar surface area (TPSA) is 97.1 Å². The average Bonchev–Trinajstić information content (AvgIpc) is 2.92. The normalized spacial score (nSPS) is 13.7. The number of nitrogens with two attached hydrogens (primary N) is 1. The average molecular weight is 308 g/mol. The Hall–Kier alpha value is -2.64. The Kier molecular flexibility index (Phi) is 4.92. The molecule has 1 aliphatic rings. The summed E-state index contributed by atoms with van der Waals surface area (Å²) < 4.78 is 10.5. The number of ether oxygens (including phenoxy) is 2. The Morgan fingerprint density at radius 1 is 1.41 bits per heavy atom. The molecule has 1 aromatic rings. The van der Waals surface area contributed by atoms with Crippen LogP contribution in [0.5, 0.6) is 11.5 Å². The van der Waals surface area contributed by atoms with Crippen molar-refractivity contribution in [1.82, 2.24) is 10.2 Å². The number of hydrogen-bond donors (Lipinski definition) is 2. The summed E-state index contributed by atoms with van der Waals surface area (Å²) in [5.74, 6) is 0.930. The van der Waals surface area contributed by atoms with E-state index in [9.17, 15) is 9.59 Å². The van der Waals surface area contributed by atoms with Gasteiger partial charge in [0.25, 0.3) is 0 Å². The summed E-state index contributed by atoms with van der Waals surface area (Å²) in [5.41, 5.74) is 5.98. The molecule has 0 saturated carbocycles. The predicted molar refractivity (Wildman–Crippen MR) is 81.4 cm³/mol. The summed E-state index contributed by atoms with van der Waals surface area (Å²) in [7, 11) is 3.01. The van der Waals surface area contributed by atoms with Crippen molar-refractivity contribution in [3.05, 3.63) is 18.2 Å². The van der Waals surface area contributed by atoms with Crippen molar-refractivity contribution in [3.63, 3.8) is 0 Å². The summed E-state index contributed by atoms with van der Waals surface area (Å²) in [4.78, 5) is 26.3. The van der Waals surface area contributed by atoms with E-state index in [1.54, 1.807) is 23.1 Å². The number of benzene rings is 1. The van der Waals surface area contributed by atoms with Crippen LogP contribution in [0.15, 0.2) is 18.2 Å². The Labute approximate surface area is 128 Å². The summed E-state index contributed by atoms with van der Waals surface area (Å²) in [6.07, 6.45) is 0. The SMILES string of the molecule is COc1cccc(N(CCN2CCNC2=O)C(N)=O)c1OC. The first-order chi connectivity index (χ1) is 10.6. The molecule has 8 heteroatoms. The van der Waals surface area contributed by atoms with E-state index >= 15 is 0 Å². The predicted octanol–water partition coefficient (Wildman–Crippen LogP) is 0.614. The number of rotatable bonds is 6. The number of carbonyl (C=O) groups is 2. The van der Waals surface area contributed by atoms with Crippen LogP contribution >= 0.6 is 0 Å². The van der Waals surface area contributed by atoms with E-state index in [2.05, 4.69) is 5.32 Å². The van der Waals surface area contributed by atoms with Crippen LogP contribution in [0.25, 0.3) is 0 Å². The van der Waals surface area contributed by atoms with Crippen molar-refractivity contribution in [1.29, 1.82) is 0 Å². The number of urea groups is 2. The van der Waals surface area contributed by atoms with E-state index in [0.717, 1.165) is 0 Å². The first-order valence-electron chi connectivity index (χ1n) is 6.89. The van der Waals surface area contributed by atoms with E-state index in [-0.39, 0.29) is 12.6 Å². The molecular formula is C14H20N4O4. The molecule has 0 radical (unpaired) electrons. The Morgan fingerprint density at radius 3 is 2.73 bits per heavy atom. The van der Waals surface area contributed by atoms with Gasteiger partial charge in [-0.1, -0.05) is 6.07 Å². The second-order valence-electron chi connectivity index (χ2n) is 4.72. The lowest BCUT2D eigenvalue weighted by atomic mass is 10.2. The number of carbonyl (C=O) groups excluding carboxylic acids is 2.